The summed E-state index contributed by atoms with van der Waals surface area (Å²) in [5.41, 5.74) is 2.06. The minimum absolute atomic E-state index is 0.0891. The van der Waals surface area contributed by atoms with Gasteiger partial charge in [0.05, 0.1) is 25.3 Å². The van der Waals surface area contributed by atoms with Crippen LogP contribution in [0.5, 0.6) is 11.5 Å². The summed E-state index contributed by atoms with van der Waals surface area (Å²) in [7, 11) is 5.38. The number of aryl methyl sites for hydroxylation is 1. The number of likely N-dealkylation sites (N-methyl/N-ethyl adjacent to an activating group) is 1. The Labute approximate surface area is 188 Å². The van der Waals surface area contributed by atoms with Crippen molar-refractivity contribution >= 4 is 17.4 Å². The van der Waals surface area contributed by atoms with E-state index in [9.17, 15) is 14.7 Å². The van der Waals surface area contributed by atoms with E-state index in [1.807, 2.05) is 57.1 Å². The monoisotopic (exact) mass is 438 g/mol. The number of aliphatic hydroxyl groups excluding tert-OH is 1. The standard InChI is InChI=1S/C25H30N2O5/c1-6-32-18-9-7-17(8-10-18)22-21(24(29)25(30)27(22)14-13-26(3)4)23(28)20-12-11-19(31-5)15-16(20)2/h7-12,15,22,28H,6,13-14H2,1-5H3/t22-/m0/s1. The number of carbonyl (C=O) groups excluding carboxylic acids is 2. The second-order valence-corrected chi connectivity index (χ2v) is 7.98. The van der Waals surface area contributed by atoms with E-state index in [-0.39, 0.29) is 11.3 Å². The first-order chi connectivity index (χ1) is 15.3. The zero-order valence-corrected chi connectivity index (χ0v) is 19.2. The lowest BCUT2D eigenvalue weighted by molar-refractivity contribution is -0.140. The van der Waals surface area contributed by atoms with Crippen LogP contribution in [0.25, 0.3) is 5.76 Å². The number of Topliss-reactive ketones (excluding diaryl/α,β-unsaturated/α-hetero) is 1. The summed E-state index contributed by atoms with van der Waals surface area (Å²) in [5.74, 6) is -0.135. The van der Waals surface area contributed by atoms with Crippen LogP contribution in [0, 0.1) is 6.92 Å². The van der Waals surface area contributed by atoms with Crippen molar-refractivity contribution < 1.29 is 24.2 Å². The number of aliphatic hydroxyl groups is 1. The number of hydrogen-bond donors (Lipinski definition) is 1. The fourth-order valence-corrected chi connectivity index (χ4v) is 3.85. The van der Waals surface area contributed by atoms with Crippen LogP contribution in [0.15, 0.2) is 48.0 Å². The van der Waals surface area contributed by atoms with E-state index < -0.39 is 17.7 Å². The number of amides is 1. The third-order valence-corrected chi connectivity index (χ3v) is 5.52. The maximum absolute atomic E-state index is 13.1. The Morgan fingerprint density at radius 2 is 1.75 bits per heavy atom. The van der Waals surface area contributed by atoms with E-state index >= 15 is 0 Å². The van der Waals surface area contributed by atoms with Crippen LogP contribution in [0.4, 0.5) is 0 Å². The summed E-state index contributed by atoms with van der Waals surface area (Å²) < 4.78 is 10.8. The highest BCUT2D eigenvalue weighted by Crippen LogP contribution is 2.40. The second kappa shape index (κ2) is 9.87. The largest absolute Gasteiger partial charge is 0.507 e. The molecule has 7 nitrogen and oxygen atoms in total. The molecule has 7 heteroatoms. The van der Waals surface area contributed by atoms with Crippen LogP contribution in [-0.2, 0) is 9.59 Å². The molecule has 1 fully saturated rings. The number of methoxy groups -OCH3 is 1. The van der Waals surface area contributed by atoms with Crippen LogP contribution >= 0.6 is 0 Å². The topological polar surface area (TPSA) is 79.3 Å². The molecule has 0 bridgehead atoms. The second-order valence-electron chi connectivity index (χ2n) is 7.98. The van der Waals surface area contributed by atoms with Crippen molar-refractivity contribution in [3.8, 4) is 11.5 Å². The van der Waals surface area contributed by atoms with Gasteiger partial charge >= 0.3 is 0 Å². The number of hydrogen-bond acceptors (Lipinski definition) is 6. The lowest BCUT2D eigenvalue weighted by atomic mass is 9.94. The average Bonchev–Trinajstić information content (AvgIpc) is 3.02. The molecule has 1 aliphatic heterocycles. The molecule has 1 saturated heterocycles. The van der Waals surface area contributed by atoms with E-state index in [0.29, 0.717) is 36.8 Å². The average molecular weight is 439 g/mol. The summed E-state index contributed by atoms with van der Waals surface area (Å²) >= 11 is 0. The van der Waals surface area contributed by atoms with Gasteiger partial charge in [0, 0.05) is 18.7 Å². The van der Waals surface area contributed by atoms with Gasteiger partial charge in [-0.05, 0) is 69.4 Å². The minimum atomic E-state index is -0.688. The molecule has 2 aromatic rings. The van der Waals surface area contributed by atoms with Gasteiger partial charge in [-0.1, -0.05) is 12.1 Å². The lowest BCUT2D eigenvalue weighted by Crippen LogP contribution is -2.35. The molecule has 1 amide bonds. The molecule has 0 aliphatic carbocycles. The molecule has 0 aromatic heterocycles. The summed E-state index contributed by atoms with van der Waals surface area (Å²) in [5, 5.41) is 11.2. The quantitative estimate of drug-likeness (QED) is 0.387. The van der Waals surface area contributed by atoms with Gasteiger partial charge in [0.1, 0.15) is 17.3 Å². The highest BCUT2D eigenvalue weighted by molar-refractivity contribution is 6.46. The number of rotatable bonds is 8. The maximum Gasteiger partial charge on any atom is 0.295 e. The molecule has 170 valence electrons. The van der Waals surface area contributed by atoms with Crippen molar-refractivity contribution in [1.82, 2.24) is 9.80 Å². The Hall–Kier alpha value is -3.32. The Kier molecular flexibility index (Phi) is 7.20. The van der Waals surface area contributed by atoms with Gasteiger partial charge in [-0.2, -0.15) is 0 Å². The molecule has 1 aliphatic rings. The third-order valence-electron chi connectivity index (χ3n) is 5.52. The van der Waals surface area contributed by atoms with Gasteiger partial charge in [0.2, 0.25) is 0 Å². The van der Waals surface area contributed by atoms with Crippen molar-refractivity contribution in [2.75, 3.05) is 40.9 Å². The van der Waals surface area contributed by atoms with Crippen LogP contribution < -0.4 is 9.47 Å². The Morgan fingerprint density at radius 3 is 2.31 bits per heavy atom. The van der Waals surface area contributed by atoms with Gasteiger partial charge in [-0.3, -0.25) is 9.59 Å². The number of benzene rings is 2. The van der Waals surface area contributed by atoms with Gasteiger partial charge < -0.3 is 24.4 Å². The number of nitrogens with zero attached hydrogens (tertiary/aromatic N) is 2. The lowest BCUT2D eigenvalue weighted by Gasteiger charge is -2.26. The van der Waals surface area contributed by atoms with E-state index in [1.165, 1.54) is 4.90 Å². The zero-order valence-electron chi connectivity index (χ0n) is 19.2. The SMILES string of the molecule is CCOc1ccc([C@H]2C(=C(O)c3ccc(OC)cc3C)C(=O)C(=O)N2CCN(C)C)cc1. The van der Waals surface area contributed by atoms with Crippen molar-refractivity contribution in [2.45, 2.75) is 19.9 Å². The first-order valence-corrected chi connectivity index (χ1v) is 10.6. The smallest absolute Gasteiger partial charge is 0.295 e. The van der Waals surface area contributed by atoms with Crippen LogP contribution in [0.3, 0.4) is 0 Å². The molecule has 0 radical (unpaired) electrons. The molecular weight excluding hydrogens is 408 g/mol. The van der Waals surface area contributed by atoms with Crippen molar-refractivity contribution in [3.05, 3.63) is 64.7 Å². The molecule has 32 heavy (non-hydrogen) atoms. The van der Waals surface area contributed by atoms with Gasteiger partial charge in [0.25, 0.3) is 11.7 Å². The number of likely N-dealkylation sites (tertiary alicyclic amines) is 1. The third kappa shape index (κ3) is 4.62. The van der Waals surface area contributed by atoms with E-state index in [2.05, 4.69) is 0 Å². The summed E-state index contributed by atoms with van der Waals surface area (Å²) in [6, 6.07) is 11.8. The normalized spacial score (nSPS) is 17.8. The fourth-order valence-electron chi connectivity index (χ4n) is 3.85. The summed E-state index contributed by atoms with van der Waals surface area (Å²) in [4.78, 5) is 29.5. The highest BCUT2D eigenvalue weighted by atomic mass is 16.5. The number of carbonyl (C=O) groups is 2. The fraction of sp³-hybridized carbons (Fsp3) is 0.360. The van der Waals surface area contributed by atoms with Gasteiger partial charge in [-0.15, -0.1) is 0 Å². The van der Waals surface area contributed by atoms with Crippen LogP contribution in [0.1, 0.15) is 29.7 Å². The molecule has 2 aromatic carbocycles. The predicted octanol–water partition coefficient (Wildman–Crippen LogP) is 3.39. The summed E-state index contributed by atoms with van der Waals surface area (Å²) in [6.45, 7) is 5.21. The Morgan fingerprint density at radius 1 is 1.09 bits per heavy atom. The molecule has 0 spiro atoms. The molecule has 1 N–H and O–H groups in total. The first kappa shape index (κ1) is 23.3. The van der Waals surface area contributed by atoms with Crippen LogP contribution in [-0.4, -0.2) is 67.5 Å². The Bertz CT molecular complexity index is 1030. The first-order valence-electron chi connectivity index (χ1n) is 10.6. The molecular formula is C25H30N2O5. The Balaban J connectivity index is 2.13. The maximum atomic E-state index is 13.1. The van der Waals surface area contributed by atoms with Crippen LogP contribution in [0.2, 0.25) is 0 Å². The molecule has 0 unspecified atom stereocenters. The highest BCUT2D eigenvalue weighted by Gasteiger charge is 2.46. The number of ether oxygens (including phenoxy) is 2. The predicted molar refractivity (Wildman–Crippen MR) is 123 cm³/mol. The zero-order chi connectivity index (χ0) is 23.4. The van der Waals surface area contributed by atoms with Gasteiger partial charge in [0.15, 0.2) is 0 Å². The van der Waals surface area contributed by atoms with Crippen molar-refractivity contribution in [2.24, 2.45) is 0 Å². The molecule has 1 heterocycles. The van der Waals surface area contributed by atoms with Gasteiger partial charge in [-0.25, -0.2) is 0 Å². The van der Waals surface area contributed by atoms with E-state index in [0.717, 1.165) is 11.1 Å². The molecule has 3 rings (SSSR count). The van der Waals surface area contributed by atoms with E-state index in [1.54, 1.807) is 25.3 Å². The summed E-state index contributed by atoms with van der Waals surface area (Å²) in [6.07, 6.45) is 0. The van der Waals surface area contributed by atoms with Crippen molar-refractivity contribution in [3.63, 3.8) is 0 Å². The minimum Gasteiger partial charge on any atom is -0.507 e. The number of ketones is 1. The molecule has 1 atom stereocenters. The van der Waals surface area contributed by atoms with Crippen molar-refractivity contribution in [1.29, 1.82) is 0 Å². The van der Waals surface area contributed by atoms with E-state index in [4.69, 9.17) is 9.47 Å². The molecule has 0 saturated carbocycles.